The Morgan fingerprint density at radius 1 is 0.923 bits per heavy atom. The lowest BCUT2D eigenvalue weighted by atomic mass is 9.95. The first-order chi connectivity index (χ1) is 18.8. The molecule has 3 aromatic carbocycles. The second-order valence-corrected chi connectivity index (χ2v) is 11.4. The molecule has 194 valence electrons. The lowest BCUT2D eigenvalue weighted by Gasteiger charge is -2.25. The fraction of sp³-hybridized carbons (Fsp3) is 0.133. The number of anilines is 2. The molecule has 3 heterocycles. The molecule has 5 aromatic rings. The molecule has 0 bridgehead atoms. The number of carbonyl (C=O) groups excluding carboxylic acids is 2. The van der Waals surface area contributed by atoms with E-state index in [2.05, 4.69) is 9.97 Å². The van der Waals surface area contributed by atoms with Gasteiger partial charge in [0, 0.05) is 25.3 Å². The highest BCUT2D eigenvalue weighted by atomic mass is 32.1. The number of hydrogen-bond acceptors (Lipinski definition) is 8. The second-order valence-electron chi connectivity index (χ2n) is 9.42. The highest BCUT2D eigenvalue weighted by Crippen LogP contribution is 2.45. The van der Waals surface area contributed by atoms with Crippen molar-refractivity contribution < 1.29 is 14.7 Å². The summed E-state index contributed by atoms with van der Waals surface area (Å²) in [5.74, 6) is -1.62. The van der Waals surface area contributed by atoms with E-state index in [4.69, 9.17) is 0 Å². The van der Waals surface area contributed by atoms with Crippen molar-refractivity contribution in [2.45, 2.75) is 13.0 Å². The molecule has 0 spiro atoms. The predicted molar refractivity (Wildman–Crippen MR) is 157 cm³/mol. The summed E-state index contributed by atoms with van der Waals surface area (Å²) < 4.78 is 0.909. The zero-order chi connectivity index (χ0) is 27.3. The molecule has 0 saturated carbocycles. The number of fused-ring (bicyclic) bond motifs is 1. The molecule has 1 amide bonds. The number of aryl methyl sites for hydroxylation is 1. The van der Waals surface area contributed by atoms with Gasteiger partial charge in [-0.1, -0.05) is 65.9 Å². The summed E-state index contributed by atoms with van der Waals surface area (Å²) in [6.45, 7) is 1.77. The van der Waals surface area contributed by atoms with Gasteiger partial charge in [0.1, 0.15) is 5.01 Å². The summed E-state index contributed by atoms with van der Waals surface area (Å²) >= 11 is 2.61. The highest BCUT2D eigenvalue weighted by molar-refractivity contribution is 7.22. The molecule has 2 aromatic heterocycles. The van der Waals surface area contributed by atoms with Crippen molar-refractivity contribution in [2.75, 3.05) is 23.9 Å². The van der Waals surface area contributed by atoms with Gasteiger partial charge in [0.15, 0.2) is 10.9 Å². The van der Waals surface area contributed by atoms with E-state index in [1.807, 2.05) is 97.9 Å². The Labute approximate surface area is 233 Å². The number of thiazole rings is 2. The van der Waals surface area contributed by atoms with Crippen LogP contribution in [0.3, 0.4) is 0 Å². The second kappa shape index (κ2) is 9.76. The Morgan fingerprint density at radius 2 is 1.62 bits per heavy atom. The average Bonchev–Trinajstić information content (AvgIpc) is 3.62. The molecular formula is C30H24N4O3S2. The number of aliphatic hydroxyl groups excluding tert-OH is 1. The molecule has 7 nitrogen and oxygen atoms in total. The molecule has 0 radical (unpaired) electrons. The van der Waals surface area contributed by atoms with Crippen LogP contribution in [-0.4, -0.2) is 40.9 Å². The molecule has 1 atom stereocenters. The fourth-order valence-corrected chi connectivity index (χ4v) is 6.72. The average molecular weight is 553 g/mol. The van der Waals surface area contributed by atoms with Crippen LogP contribution >= 0.6 is 22.7 Å². The van der Waals surface area contributed by atoms with E-state index in [1.165, 1.54) is 27.6 Å². The number of para-hydroxylation sites is 1. The molecule has 39 heavy (non-hydrogen) atoms. The number of Topliss-reactive ketones (excluding diaryl/α,β-unsaturated/α-hetero) is 1. The summed E-state index contributed by atoms with van der Waals surface area (Å²) in [5.41, 5.74) is 3.90. The van der Waals surface area contributed by atoms with E-state index in [1.54, 1.807) is 6.92 Å². The quantitative estimate of drug-likeness (QED) is 0.240. The number of aromatic nitrogens is 2. The van der Waals surface area contributed by atoms with Gasteiger partial charge < -0.3 is 10.0 Å². The first kappa shape index (κ1) is 25.0. The van der Waals surface area contributed by atoms with Gasteiger partial charge in [-0.05, 0) is 36.8 Å². The largest absolute Gasteiger partial charge is 0.503 e. The zero-order valence-corrected chi connectivity index (χ0v) is 23.1. The lowest BCUT2D eigenvalue weighted by Crippen LogP contribution is -2.31. The normalized spacial score (nSPS) is 15.4. The minimum atomic E-state index is -0.844. The van der Waals surface area contributed by atoms with Crippen LogP contribution in [0.1, 0.15) is 27.0 Å². The number of benzene rings is 3. The van der Waals surface area contributed by atoms with E-state index in [9.17, 15) is 14.7 Å². The maximum Gasteiger partial charge on any atom is 0.296 e. The summed E-state index contributed by atoms with van der Waals surface area (Å²) in [4.78, 5) is 40.9. The third-order valence-electron chi connectivity index (χ3n) is 6.69. The number of amides is 1. The van der Waals surface area contributed by atoms with Gasteiger partial charge in [0.05, 0.1) is 32.4 Å². The summed E-state index contributed by atoms with van der Waals surface area (Å²) in [6, 6.07) is 24.0. The SMILES string of the molecule is Cc1nc(-c2ccccc2)sc1C(=O)C1=C(O)C(=O)N(c2nc3ccccc3s2)C1c1ccc(N(C)C)cc1. The van der Waals surface area contributed by atoms with Crippen LogP contribution in [0.2, 0.25) is 0 Å². The number of carbonyl (C=O) groups is 2. The molecule has 6 rings (SSSR count). The Bertz CT molecular complexity index is 1720. The van der Waals surface area contributed by atoms with Crippen molar-refractivity contribution in [1.82, 2.24) is 9.97 Å². The van der Waals surface area contributed by atoms with Gasteiger partial charge in [-0.15, -0.1) is 11.3 Å². The molecular weight excluding hydrogens is 528 g/mol. The van der Waals surface area contributed by atoms with Gasteiger partial charge in [0.25, 0.3) is 5.91 Å². The number of aliphatic hydroxyl groups is 1. The van der Waals surface area contributed by atoms with Crippen molar-refractivity contribution in [3.8, 4) is 10.6 Å². The third-order valence-corrected chi connectivity index (χ3v) is 8.93. The van der Waals surface area contributed by atoms with E-state index < -0.39 is 23.5 Å². The van der Waals surface area contributed by atoms with Gasteiger partial charge in [-0.25, -0.2) is 9.97 Å². The topological polar surface area (TPSA) is 86.6 Å². The van der Waals surface area contributed by atoms with Gasteiger partial charge in [-0.2, -0.15) is 0 Å². The molecule has 1 aliphatic rings. The Kier molecular flexibility index (Phi) is 6.25. The van der Waals surface area contributed by atoms with E-state index >= 15 is 0 Å². The van der Waals surface area contributed by atoms with E-state index in [0.717, 1.165) is 21.5 Å². The van der Waals surface area contributed by atoms with Gasteiger partial charge in [-0.3, -0.25) is 14.5 Å². The fourth-order valence-electron chi connectivity index (χ4n) is 4.70. The van der Waals surface area contributed by atoms with Crippen LogP contribution < -0.4 is 9.80 Å². The highest BCUT2D eigenvalue weighted by Gasteiger charge is 2.46. The smallest absolute Gasteiger partial charge is 0.296 e. The van der Waals surface area contributed by atoms with E-state index in [-0.39, 0.29) is 5.57 Å². The maximum atomic E-state index is 14.1. The molecule has 1 unspecified atom stereocenters. The molecule has 0 aliphatic carbocycles. The van der Waals surface area contributed by atoms with E-state index in [0.29, 0.717) is 26.3 Å². The number of ketones is 1. The number of rotatable bonds is 6. The summed E-state index contributed by atoms with van der Waals surface area (Å²) in [7, 11) is 3.89. The number of hydrogen-bond donors (Lipinski definition) is 1. The van der Waals surface area contributed by atoms with Crippen LogP contribution in [-0.2, 0) is 4.79 Å². The third kappa shape index (κ3) is 4.29. The number of nitrogens with zero attached hydrogens (tertiary/aromatic N) is 4. The standard InChI is InChI=1S/C30H24N4O3S2/c1-17-27(39-28(31-17)19-9-5-4-6-10-19)25(35)23-24(18-13-15-20(16-14-18)33(2)3)34(29(37)26(23)36)30-32-21-11-7-8-12-22(21)38-30/h4-16,24,36H,1-3H3. The van der Waals surface area contributed by atoms with Crippen molar-refractivity contribution in [2.24, 2.45) is 0 Å². The minimum absolute atomic E-state index is 0.0308. The maximum absolute atomic E-state index is 14.1. The zero-order valence-electron chi connectivity index (χ0n) is 21.5. The summed E-state index contributed by atoms with van der Waals surface area (Å²) in [6.07, 6.45) is 0. The van der Waals surface area contributed by atoms with Crippen molar-refractivity contribution in [3.63, 3.8) is 0 Å². The Balaban J connectivity index is 1.48. The van der Waals surface area contributed by atoms with Crippen LogP contribution in [0.15, 0.2) is 90.2 Å². The van der Waals surface area contributed by atoms with Gasteiger partial charge in [0.2, 0.25) is 5.78 Å². The first-order valence-electron chi connectivity index (χ1n) is 12.3. The Hall–Kier alpha value is -4.34. The molecule has 9 heteroatoms. The van der Waals surface area contributed by atoms with Crippen LogP contribution in [0.25, 0.3) is 20.8 Å². The van der Waals surface area contributed by atoms with Crippen LogP contribution in [0.5, 0.6) is 0 Å². The lowest BCUT2D eigenvalue weighted by molar-refractivity contribution is -0.117. The molecule has 1 aliphatic heterocycles. The van der Waals surface area contributed by atoms with Crippen molar-refractivity contribution in [3.05, 3.63) is 106 Å². The molecule has 1 N–H and O–H groups in total. The Morgan fingerprint density at radius 3 is 2.31 bits per heavy atom. The predicted octanol–water partition coefficient (Wildman–Crippen LogP) is 6.58. The monoisotopic (exact) mass is 552 g/mol. The van der Waals surface area contributed by atoms with Crippen molar-refractivity contribution in [1.29, 1.82) is 0 Å². The van der Waals surface area contributed by atoms with Gasteiger partial charge >= 0.3 is 0 Å². The van der Waals surface area contributed by atoms with Crippen molar-refractivity contribution >= 4 is 55.4 Å². The summed E-state index contributed by atoms with van der Waals surface area (Å²) in [5, 5.41) is 12.3. The molecule has 0 fully saturated rings. The van der Waals surface area contributed by atoms with Crippen LogP contribution in [0.4, 0.5) is 10.8 Å². The first-order valence-corrected chi connectivity index (χ1v) is 13.9. The molecule has 0 saturated heterocycles. The minimum Gasteiger partial charge on any atom is -0.503 e. The van der Waals surface area contributed by atoms with Crippen LogP contribution in [0, 0.1) is 6.92 Å².